The Hall–Kier alpha value is -1.59. The maximum absolute atomic E-state index is 11.5. The molecule has 1 fully saturated rings. The summed E-state index contributed by atoms with van der Waals surface area (Å²) in [5.74, 6) is -2.98. The molecule has 0 aliphatic heterocycles. The van der Waals surface area contributed by atoms with Crippen LogP contribution < -0.4 is 5.32 Å². The molecule has 0 heterocycles. The summed E-state index contributed by atoms with van der Waals surface area (Å²) in [5.41, 5.74) is 0. The number of aliphatic carboxylic acids is 1. The van der Waals surface area contributed by atoms with E-state index >= 15 is 0 Å². The maximum Gasteiger partial charge on any atom is 0.328 e. The van der Waals surface area contributed by atoms with Crippen LogP contribution in [0.15, 0.2) is 0 Å². The Kier molecular flexibility index (Phi) is 3.87. The first kappa shape index (κ1) is 12.5. The highest BCUT2D eigenvalue weighted by Crippen LogP contribution is 2.38. The predicted molar refractivity (Wildman–Crippen MR) is 53.5 cm³/mol. The number of amides is 1. The fourth-order valence-electron chi connectivity index (χ4n) is 1.40. The van der Waals surface area contributed by atoms with Gasteiger partial charge in [0.05, 0.1) is 18.4 Å². The zero-order chi connectivity index (χ0) is 12.3. The number of rotatable bonds is 5. The molecule has 3 unspecified atom stereocenters. The van der Waals surface area contributed by atoms with Crippen LogP contribution in [0.1, 0.15) is 20.3 Å². The summed E-state index contributed by atoms with van der Waals surface area (Å²) >= 11 is 0. The van der Waals surface area contributed by atoms with Crippen LogP contribution in [0.3, 0.4) is 0 Å². The van der Waals surface area contributed by atoms with Gasteiger partial charge in [-0.3, -0.25) is 9.59 Å². The molecule has 0 bridgehead atoms. The lowest BCUT2D eigenvalue weighted by Gasteiger charge is -2.12. The Morgan fingerprint density at radius 1 is 1.44 bits per heavy atom. The largest absolute Gasteiger partial charge is 0.481 e. The number of esters is 1. The summed E-state index contributed by atoms with van der Waals surface area (Å²) in [4.78, 5) is 33.2. The summed E-state index contributed by atoms with van der Waals surface area (Å²) in [7, 11) is 0. The molecule has 1 aliphatic rings. The Labute approximate surface area is 93.0 Å². The van der Waals surface area contributed by atoms with Gasteiger partial charge in [-0.1, -0.05) is 0 Å². The molecule has 0 aromatic heterocycles. The van der Waals surface area contributed by atoms with Gasteiger partial charge in [-0.05, 0) is 20.3 Å². The fraction of sp³-hybridized carbons (Fsp3) is 0.700. The van der Waals surface area contributed by atoms with Crippen LogP contribution in [0.2, 0.25) is 0 Å². The highest BCUT2D eigenvalue weighted by atomic mass is 16.5. The second-order valence-electron chi connectivity index (χ2n) is 3.77. The van der Waals surface area contributed by atoms with E-state index in [-0.39, 0.29) is 6.61 Å². The van der Waals surface area contributed by atoms with Gasteiger partial charge in [-0.15, -0.1) is 0 Å². The summed E-state index contributed by atoms with van der Waals surface area (Å²) in [5, 5.41) is 11.1. The molecule has 90 valence electrons. The molecule has 6 nitrogen and oxygen atoms in total. The van der Waals surface area contributed by atoms with Crippen LogP contribution in [-0.4, -0.2) is 35.6 Å². The van der Waals surface area contributed by atoms with Crippen LogP contribution in [0.4, 0.5) is 0 Å². The van der Waals surface area contributed by atoms with Gasteiger partial charge in [0, 0.05) is 0 Å². The second kappa shape index (κ2) is 4.96. The Morgan fingerprint density at radius 2 is 2.06 bits per heavy atom. The highest BCUT2D eigenvalue weighted by molar-refractivity contribution is 5.91. The van der Waals surface area contributed by atoms with Gasteiger partial charge in [0.25, 0.3) is 0 Å². The fourth-order valence-corrected chi connectivity index (χ4v) is 1.40. The van der Waals surface area contributed by atoms with Crippen molar-refractivity contribution in [2.75, 3.05) is 6.61 Å². The average molecular weight is 229 g/mol. The first-order chi connectivity index (χ1) is 7.47. The van der Waals surface area contributed by atoms with E-state index in [1.807, 2.05) is 0 Å². The SMILES string of the molecule is CCOC(=O)C(C)NC(=O)C1CC1C(=O)O. The predicted octanol–water partition coefficient (Wildman–Crippen LogP) is -0.225. The van der Waals surface area contributed by atoms with E-state index in [4.69, 9.17) is 9.84 Å². The van der Waals surface area contributed by atoms with Gasteiger partial charge in [-0.25, -0.2) is 4.79 Å². The monoisotopic (exact) mass is 229 g/mol. The van der Waals surface area contributed by atoms with Crippen molar-refractivity contribution in [1.82, 2.24) is 5.32 Å². The summed E-state index contributed by atoms with van der Waals surface area (Å²) in [6, 6.07) is -0.734. The number of hydrogen-bond acceptors (Lipinski definition) is 4. The van der Waals surface area contributed by atoms with E-state index in [0.29, 0.717) is 6.42 Å². The molecule has 2 N–H and O–H groups in total. The molecule has 6 heteroatoms. The summed E-state index contributed by atoms with van der Waals surface area (Å²) < 4.78 is 4.71. The Morgan fingerprint density at radius 3 is 2.50 bits per heavy atom. The van der Waals surface area contributed by atoms with Gasteiger partial charge < -0.3 is 15.2 Å². The molecule has 1 saturated carbocycles. The van der Waals surface area contributed by atoms with Crippen LogP contribution in [-0.2, 0) is 19.1 Å². The second-order valence-corrected chi connectivity index (χ2v) is 3.77. The standard InChI is InChI=1S/C10H15NO5/c1-3-16-10(15)5(2)11-8(12)6-4-7(6)9(13)14/h5-7H,3-4H2,1-2H3,(H,11,12)(H,13,14). The summed E-state index contributed by atoms with van der Waals surface area (Å²) in [6.07, 6.45) is 0.344. The molecule has 0 spiro atoms. The quantitative estimate of drug-likeness (QED) is 0.635. The normalized spacial score (nSPS) is 24.4. The van der Waals surface area contributed by atoms with Crippen molar-refractivity contribution >= 4 is 17.8 Å². The van der Waals surface area contributed by atoms with Crippen LogP contribution >= 0.6 is 0 Å². The molecular formula is C10H15NO5. The average Bonchev–Trinajstić information content (AvgIpc) is 2.97. The van der Waals surface area contributed by atoms with E-state index in [0.717, 1.165) is 0 Å². The van der Waals surface area contributed by atoms with Gasteiger partial charge in [0.15, 0.2) is 0 Å². The van der Waals surface area contributed by atoms with Crippen molar-refractivity contribution in [3.8, 4) is 0 Å². The molecule has 1 amide bonds. The molecule has 0 aromatic carbocycles. The molecule has 3 atom stereocenters. The summed E-state index contributed by atoms with van der Waals surface area (Å²) in [6.45, 7) is 3.43. The van der Waals surface area contributed by atoms with E-state index in [1.54, 1.807) is 6.92 Å². The van der Waals surface area contributed by atoms with Crippen molar-refractivity contribution < 1.29 is 24.2 Å². The zero-order valence-electron chi connectivity index (χ0n) is 9.23. The Balaban J connectivity index is 2.35. The third-order valence-corrected chi connectivity index (χ3v) is 2.44. The molecule has 1 rings (SSSR count). The number of hydrogen-bond donors (Lipinski definition) is 2. The highest BCUT2D eigenvalue weighted by Gasteiger charge is 2.48. The van der Waals surface area contributed by atoms with E-state index < -0.39 is 35.7 Å². The van der Waals surface area contributed by atoms with Crippen molar-refractivity contribution in [3.05, 3.63) is 0 Å². The molecule has 0 saturated heterocycles. The van der Waals surface area contributed by atoms with Crippen LogP contribution in [0.5, 0.6) is 0 Å². The number of carbonyl (C=O) groups excluding carboxylic acids is 2. The number of carbonyl (C=O) groups is 3. The lowest BCUT2D eigenvalue weighted by Crippen LogP contribution is -2.40. The van der Waals surface area contributed by atoms with E-state index in [2.05, 4.69) is 5.32 Å². The minimum Gasteiger partial charge on any atom is -0.481 e. The van der Waals surface area contributed by atoms with Crippen LogP contribution in [0.25, 0.3) is 0 Å². The number of carboxylic acid groups (broad SMARTS) is 1. The molecule has 16 heavy (non-hydrogen) atoms. The Bertz CT molecular complexity index is 314. The molecule has 1 aliphatic carbocycles. The smallest absolute Gasteiger partial charge is 0.328 e. The maximum atomic E-state index is 11.5. The topological polar surface area (TPSA) is 92.7 Å². The number of nitrogens with one attached hydrogen (secondary N) is 1. The van der Waals surface area contributed by atoms with Crippen molar-refractivity contribution in [1.29, 1.82) is 0 Å². The number of ether oxygens (including phenoxy) is 1. The molecule has 0 aromatic rings. The number of carboxylic acids is 1. The first-order valence-electron chi connectivity index (χ1n) is 5.17. The molecular weight excluding hydrogens is 214 g/mol. The van der Waals surface area contributed by atoms with E-state index in [1.165, 1.54) is 6.92 Å². The van der Waals surface area contributed by atoms with Crippen molar-refractivity contribution in [2.45, 2.75) is 26.3 Å². The first-order valence-corrected chi connectivity index (χ1v) is 5.17. The third kappa shape index (κ3) is 2.95. The molecule has 0 radical (unpaired) electrons. The van der Waals surface area contributed by atoms with Crippen molar-refractivity contribution in [2.24, 2.45) is 11.8 Å². The van der Waals surface area contributed by atoms with Crippen LogP contribution in [0, 0.1) is 11.8 Å². The van der Waals surface area contributed by atoms with Gasteiger partial charge in [-0.2, -0.15) is 0 Å². The lowest BCUT2D eigenvalue weighted by molar-refractivity contribution is -0.147. The van der Waals surface area contributed by atoms with Gasteiger partial charge >= 0.3 is 11.9 Å². The minimum absolute atomic E-state index is 0.250. The lowest BCUT2D eigenvalue weighted by atomic mass is 10.2. The third-order valence-electron chi connectivity index (χ3n) is 2.44. The minimum atomic E-state index is -0.969. The van der Waals surface area contributed by atoms with E-state index in [9.17, 15) is 14.4 Å². The van der Waals surface area contributed by atoms with Crippen molar-refractivity contribution in [3.63, 3.8) is 0 Å². The van der Waals surface area contributed by atoms with Gasteiger partial charge in [0.2, 0.25) is 5.91 Å². The van der Waals surface area contributed by atoms with Gasteiger partial charge in [0.1, 0.15) is 6.04 Å². The zero-order valence-corrected chi connectivity index (χ0v) is 9.23.